The van der Waals surface area contributed by atoms with E-state index in [1.54, 1.807) is 12.1 Å². The minimum atomic E-state index is -0.187. The van der Waals surface area contributed by atoms with Crippen LogP contribution >= 0.6 is 11.6 Å². The molecule has 0 aromatic carbocycles. The number of nitrogens with zero attached hydrogens (tertiary/aromatic N) is 1. The predicted octanol–water partition coefficient (Wildman–Crippen LogP) is 3.13. The topological polar surface area (TPSA) is 55.1 Å². The molecule has 0 saturated heterocycles. The zero-order chi connectivity index (χ0) is 13.8. The molecule has 5 heteroatoms. The molecule has 0 fully saturated rings. The van der Waals surface area contributed by atoms with Gasteiger partial charge in [-0.15, -0.1) is 0 Å². The average Bonchev–Trinajstić information content (AvgIpc) is 2.81. The number of hydrogen-bond acceptors (Lipinski definition) is 3. The molecule has 0 aliphatic rings. The smallest absolute Gasteiger partial charge is 0.251 e. The summed E-state index contributed by atoms with van der Waals surface area (Å²) in [5.74, 6) is 1.36. The second-order valence-corrected chi connectivity index (χ2v) is 4.61. The van der Waals surface area contributed by atoms with E-state index in [1.165, 1.54) is 0 Å². The Morgan fingerprint density at radius 3 is 2.84 bits per heavy atom. The first-order chi connectivity index (χ1) is 9.08. The summed E-state index contributed by atoms with van der Waals surface area (Å²) < 4.78 is 5.39. The number of pyridine rings is 1. The van der Waals surface area contributed by atoms with Crippen molar-refractivity contribution in [3.05, 3.63) is 52.2 Å². The largest absolute Gasteiger partial charge is 0.465 e. The Morgan fingerprint density at radius 2 is 2.21 bits per heavy atom. The molecule has 19 heavy (non-hydrogen) atoms. The van der Waals surface area contributed by atoms with Gasteiger partial charge in [-0.2, -0.15) is 0 Å². The zero-order valence-electron chi connectivity index (χ0n) is 10.9. The molecule has 0 unspecified atom stereocenters. The predicted molar refractivity (Wildman–Crippen MR) is 73.2 cm³/mol. The van der Waals surface area contributed by atoms with Crippen LogP contribution in [0.3, 0.4) is 0 Å². The second-order valence-electron chi connectivity index (χ2n) is 4.22. The molecule has 2 rings (SSSR count). The summed E-state index contributed by atoms with van der Waals surface area (Å²) >= 11 is 5.88. The Morgan fingerprint density at radius 1 is 1.42 bits per heavy atom. The molecular formula is C14H15ClN2O2. The monoisotopic (exact) mass is 278 g/mol. The highest BCUT2D eigenvalue weighted by molar-refractivity contribution is 6.29. The molecule has 0 spiro atoms. The fourth-order valence-corrected chi connectivity index (χ4v) is 1.94. The Labute approximate surface area is 116 Å². The summed E-state index contributed by atoms with van der Waals surface area (Å²) in [5.41, 5.74) is 1.31. The van der Waals surface area contributed by atoms with E-state index in [1.807, 2.05) is 26.0 Å². The van der Waals surface area contributed by atoms with Crippen LogP contribution in [0, 0.1) is 6.92 Å². The van der Waals surface area contributed by atoms with Crippen LogP contribution in [0.25, 0.3) is 0 Å². The van der Waals surface area contributed by atoms with Crippen molar-refractivity contribution in [2.45, 2.75) is 26.8 Å². The van der Waals surface area contributed by atoms with Crippen molar-refractivity contribution in [3.8, 4) is 0 Å². The van der Waals surface area contributed by atoms with E-state index >= 15 is 0 Å². The van der Waals surface area contributed by atoms with E-state index in [0.29, 0.717) is 17.3 Å². The normalized spacial score (nSPS) is 10.5. The molecule has 0 bridgehead atoms. The molecule has 2 aromatic heterocycles. The number of amides is 1. The molecule has 2 aromatic rings. The zero-order valence-corrected chi connectivity index (χ0v) is 11.6. The summed E-state index contributed by atoms with van der Waals surface area (Å²) in [4.78, 5) is 16.1. The van der Waals surface area contributed by atoms with E-state index in [4.69, 9.17) is 16.0 Å². The van der Waals surface area contributed by atoms with Crippen molar-refractivity contribution in [2.75, 3.05) is 0 Å². The van der Waals surface area contributed by atoms with Gasteiger partial charge in [0.15, 0.2) is 0 Å². The van der Waals surface area contributed by atoms with Gasteiger partial charge in [-0.05, 0) is 37.6 Å². The van der Waals surface area contributed by atoms with E-state index in [2.05, 4.69) is 10.3 Å². The van der Waals surface area contributed by atoms with Gasteiger partial charge >= 0.3 is 0 Å². The van der Waals surface area contributed by atoms with E-state index < -0.39 is 0 Å². The molecule has 0 saturated carbocycles. The van der Waals surface area contributed by atoms with Gasteiger partial charge in [0.1, 0.15) is 16.7 Å². The number of carbonyl (C=O) groups excluding carboxylic acids is 1. The third-order valence-corrected chi connectivity index (χ3v) is 2.88. The van der Waals surface area contributed by atoms with Gasteiger partial charge < -0.3 is 9.73 Å². The van der Waals surface area contributed by atoms with Crippen LogP contribution in [-0.2, 0) is 13.0 Å². The minimum Gasteiger partial charge on any atom is -0.465 e. The molecule has 1 amide bonds. The highest BCUT2D eigenvalue weighted by atomic mass is 35.5. The molecule has 0 radical (unpaired) electrons. The van der Waals surface area contributed by atoms with Crippen molar-refractivity contribution in [3.63, 3.8) is 0 Å². The number of halogens is 1. The fraction of sp³-hybridized carbons (Fsp3) is 0.286. The lowest BCUT2D eigenvalue weighted by Gasteiger charge is -2.05. The van der Waals surface area contributed by atoms with Gasteiger partial charge in [0.25, 0.3) is 5.91 Å². The molecule has 4 nitrogen and oxygen atoms in total. The van der Waals surface area contributed by atoms with Crippen molar-refractivity contribution in [2.24, 2.45) is 0 Å². The summed E-state index contributed by atoms with van der Waals surface area (Å²) in [6.07, 6.45) is 0.734. The van der Waals surface area contributed by atoms with Gasteiger partial charge in [0.2, 0.25) is 0 Å². The molecule has 1 N–H and O–H groups in total. The first kappa shape index (κ1) is 13.6. The van der Waals surface area contributed by atoms with Crippen LogP contribution in [0.4, 0.5) is 0 Å². The fourth-order valence-electron chi connectivity index (χ4n) is 1.71. The van der Waals surface area contributed by atoms with Crippen LogP contribution < -0.4 is 5.32 Å². The number of rotatable bonds is 4. The number of nitrogens with one attached hydrogen (secondary N) is 1. The lowest BCUT2D eigenvalue weighted by atomic mass is 10.2. The van der Waals surface area contributed by atoms with Crippen LogP contribution in [0.15, 0.2) is 28.7 Å². The first-order valence-corrected chi connectivity index (χ1v) is 6.46. The number of aryl methyl sites for hydroxylation is 2. The SMILES string of the molecule is CCc1cc(C(=O)NCc2ccc(C)o2)cc(Cl)n1. The van der Waals surface area contributed by atoms with Crippen LogP contribution in [0.2, 0.25) is 5.15 Å². The van der Waals surface area contributed by atoms with E-state index in [9.17, 15) is 4.79 Å². The molecule has 0 atom stereocenters. The lowest BCUT2D eigenvalue weighted by molar-refractivity contribution is 0.0947. The standard InChI is InChI=1S/C14H15ClN2O2/c1-3-11-6-10(7-13(15)17-11)14(18)16-8-12-5-4-9(2)19-12/h4-7H,3,8H2,1-2H3,(H,16,18). The highest BCUT2D eigenvalue weighted by Gasteiger charge is 2.09. The van der Waals surface area contributed by atoms with Crippen LogP contribution in [0.1, 0.15) is 34.5 Å². The van der Waals surface area contributed by atoms with Crippen LogP contribution in [-0.4, -0.2) is 10.9 Å². The molecule has 0 aliphatic heterocycles. The van der Waals surface area contributed by atoms with Gasteiger partial charge in [-0.25, -0.2) is 4.98 Å². The Hall–Kier alpha value is -1.81. The highest BCUT2D eigenvalue weighted by Crippen LogP contribution is 2.12. The van der Waals surface area contributed by atoms with Crippen molar-refractivity contribution in [1.29, 1.82) is 0 Å². The molecule has 0 aliphatic carbocycles. The number of furan rings is 1. The first-order valence-electron chi connectivity index (χ1n) is 6.08. The van der Waals surface area contributed by atoms with Gasteiger partial charge in [-0.1, -0.05) is 18.5 Å². The second kappa shape index (κ2) is 5.89. The number of carbonyl (C=O) groups is 1. The van der Waals surface area contributed by atoms with Gasteiger partial charge in [-0.3, -0.25) is 4.79 Å². The van der Waals surface area contributed by atoms with E-state index in [-0.39, 0.29) is 5.91 Å². The minimum absolute atomic E-state index is 0.187. The maximum absolute atomic E-state index is 12.0. The lowest BCUT2D eigenvalue weighted by Crippen LogP contribution is -2.22. The number of aromatic nitrogens is 1. The Bertz CT molecular complexity index is 593. The quantitative estimate of drug-likeness (QED) is 0.874. The van der Waals surface area contributed by atoms with Gasteiger partial charge in [0.05, 0.1) is 6.54 Å². The maximum atomic E-state index is 12.0. The summed E-state index contributed by atoms with van der Waals surface area (Å²) in [6.45, 7) is 4.18. The maximum Gasteiger partial charge on any atom is 0.251 e. The Kier molecular flexibility index (Phi) is 4.22. The van der Waals surface area contributed by atoms with Crippen molar-refractivity contribution >= 4 is 17.5 Å². The summed E-state index contributed by atoms with van der Waals surface area (Å²) in [5, 5.41) is 3.12. The van der Waals surface area contributed by atoms with Gasteiger partial charge in [0, 0.05) is 11.3 Å². The summed E-state index contributed by atoms with van der Waals surface area (Å²) in [7, 11) is 0. The summed E-state index contributed by atoms with van der Waals surface area (Å²) in [6, 6.07) is 7.00. The Balaban J connectivity index is 2.05. The number of hydrogen-bond donors (Lipinski definition) is 1. The molecule has 2 heterocycles. The molecule has 100 valence electrons. The van der Waals surface area contributed by atoms with Crippen LogP contribution in [0.5, 0.6) is 0 Å². The third-order valence-electron chi connectivity index (χ3n) is 2.69. The van der Waals surface area contributed by atoms with Crippen molar-refractivity contribution < 1.29 is 9.21 Å². The van der Waals surface area contributed by atoms with Crippen molar-refractivity contribution in [1.82, 2.24) is 10.3 Å². The average molecular weight is 279 g/mol. The third kappa shape index (κ3) is 3.58. The van der Waals surface area contributed by atoms with E-state index in [0.717, 1.165) is 23.6 Å². The molecular weight excluding hydrogens is 264 g/mol.